The molecule has 0 atom stereocenters. The van der Waals surface area contributed by atoms with Gasteiger partial charge in [0, 0.05) is 25.4 Å². The zero-order valence-electron chi connectivity index (χ0n) is 17.6. The third-order valence-corrected chi connectivity index (χ3v) is 5.98. The fourth-order valence-corrected chi connectivity index (χ4v) is 4.36. The van der Waals surface area contributed by atoms with Gasteiger partial charge >= 0.3 is 0 Å². The Balaban J connectivity index is 1.42. The van der Waals surface area contributed by atoms with Gasteiger partial charge in [-0.05, 0) is 43.9 Å². The molecule has 0 radical (unpaired) electrons. The second kappa shape index (κ2) is 8.02. The van der Waals surface area contributed by atoms with Gasteiger partial charge in [0.15, 0.2) is 11.6 Å². The first-order valence-electron chi connectivity index (χ1n) is 10.6. The van der Waals surface area contributed by atoms with E-state index in [0.29, 0.717) is 11.7 Å². The Morgan fingerprint density at radius 2 is 1.94 bits per heavy atom. The first-order valence-corrected chi connectivity index (χ1v) is 10.6. The summed E-state index contributed by atoms with van der Waals surface area (Å²) in [5.74, 6) is 1.16. The average Bonchev–Trinajstić information content (AvgIpc) is 3.39. The first kappa shape index (κ1) is 19.5. The van der Waals surface area contributed by atoms with E-state index in [1.807, 2.05) is 31.2 Å². The van der Waals surface area contributed by atoms with Gasteiger partial charge in [0.2, 0.25) is 0 Å². The zero-order valence-corrected chi connectivity index (χ0v) is 17.6. The maximum Gasteiger partial charge on any atom is 0.165 e. The fraction of sp³-hybridized carbons (Fsp3) is 0.348. The zero-order chi connectivity index (χ0) is 21.4. The molecule has 3 aromatic heterocycles. The summed E-state index contributed by atoms with van der Waals surface area (Å²) in [6.45, 7) is 0. The molecule has 1 aliphatic rings. The van der Waals surface area contributed by atoms with E-state index in [4.69, 9.17) is 9.84 Å². The van der Waals surface area contributed by atoms with Gasteiger partial charge in [0.25, 0.3) is 0 Å². The minimum Gasteiger partial charge on any atom is -0.487 e. The highest BCUT2D eigenvalue weighted by atomic mass is 19.1. The molecule has 0 unspecified atom stereocenters. The molecule has 3 heterocycles. The normalized spacial score (nSPS) is 18.9. The van der Waals surface area contributed by atoms with Crippen molar-refractivity contribution in [3.63, 3.8) is 0 Å². The van der Waals surface area contributed by atoms with Gasteiger partial charge in [0.1, 0.15) is 11.5 Å². The molecule has 1 aromatic carbocycles. The number of nitrogens with zero attached hydrogens (tertiary/aromatic N) is 5. The number of benzene rings is 1. The smallest absolute Gasteiger partial charge is 0.165 e. The van der Waals surface area contributed by atoms with Gasteiger partial charge < -0.3 is 10.1 Å². The van der Waals surface area contributed by atoms with Gasteiger partial charge in [-0.2, -0.15) is 10.2 Å². The van der Waals surface area contributed by atoms with Crippen molar-refractivity contribution in [2.45, 2.75) is 37.7 Å². The van der Waals surface area contributed by atoms with Crippen molar-refractivity contribution < 1.29 is 9.13 Å². The van der Waals surface area contributed by atoms with E-state index >= 15 is 0 Å². The molecular formula is C23H25FN6O. The van der Waals surface area contributed by atoms with Crippen LogP contribution in [0.5, 0.6) is 5.75 Å². The number of aryl methyl sites for hydroxylation is 1. The minimum atomic E-state index is -0.307. The number of halogens is 1. The van der Waals surface area contributed by atoms with Crippen molar-refractivity contribution in [2.24, 2.45) is 7.05 Å². The lowest BCUT2D eigenvalue weighted by molar-refractivity contribution is 0.140. The van der Waals surface area contributed by atoms with E-state index in [2.05, 4.69) is 21.5 Å². The van der Waals surface area contributed by atoms with Gasteiger partial charge in [-0.3, -0.25) is 4.68 Å². The van der Waals surface area contributed by atoms with Crippen LogP contribution in [-0.4, -0.2) is 37.7 Å². The molecule has 4 aromatic rings. The third kappa shape index (κ3) is 3.73. The summed E-state index contributed by atoms with van der Waals surface area (Å²) in [7, 11) is 3.76. The van der Waals surface area contributed by atoms with Crippen molar-refractivity contribution in [1.29, 1.82) is 0 Å². The first-order chi connectivity index (χ1) is 15.1. The van der Waals surface area contributed by atoms with Gasteiger partial charge in [0.05, 0.1) is 35.9 Å². The molecule has 0 amide bonds. The molecule has 5 rings (SSSR count). The predicted molar refractivity (Wildman–Crippen MR) is 117 cm³/mol. The Bertz CT molecular complexity index is 1210. The largest absolute Gasteiger partial charge is 0.487 e. The summed E-state index contributed by atoms with van der Waals surface area (Å²) < 4.78 is 23.6. The maximum atomic E-state index is 13.9. The van der Waals surface area contributed by atoms with E-state index in [1.54, 1.807) is 29.1 Å². The average molecular weight is 420 g/mol. The summed E-state index contributed by atoms with van der Waals surface area (Å²) in [4.78, 5) is 4.49. The summed E-state index contributed by atoms with van der Waals surface area (Å²) in [6.07, 6.45) is 9.24. The van der Waals surface area contributed by atoms with Crippen LogP contribution in [0.25, 0.3) is 16.6 Å². The Labute approximate surface area is 179 Å². The number of anilines is 1. The van der Waals surface area contributed by atoms with Crippen LogP contribution in [0.2, 0.25) is 0 Å². The highest BCUT2D eigenvalue weighted by Crippen LogP contribution is 2.38. The monoisotopic (exact) mass is 420 g/mol. The number of para-hydroxylation sites is 1. The van der Waals surface area contributed by atoms with Crippen LogP contribution in [0, 0.1) is 5.82 Å². The minimum absolute atomic E-state index is 0.0226. The van der Waals surface area contributed by atoms with Crippen LogP contribution in [0.4, 0.5) is 10.2 Å². The van der Waals surface area contributed by atoms with Crippen LogP contribution >= 0.6 is 0 Å². The second-order valence-electron chi connectivity index (χ2n) is 8.03. The van der Waals surface area contributed by atoms with E-state index in [1.165, 1.54) is 6.07 Å². The molecule has 8 heteroatoms. The van der Waals surface area contributed by atoms with Crippen LogP contribution in [-0.2, 0) is 7.05 Å². The van der Waals surface area contributed by atoms with E-state index < -0.39 is 0 Å². The lowest BCUT2D eigenvalue weighted by atomic mass is 9.84. The molecule has 1 aliphatic carbocycles. The lowest BCUT2D eigenvalue weighted by Gasteiger charge is -2.28. The number of pyridine rings is 1. The third-order valence-electron chi connectivity index (χ3n) is 5.98. The second-order valence-corrected chi connectivity index (χ2v) is 8.03. The van der Waals surface area contributed by atoms with Crippen LogP contribution in [0.15, 0.2) is 48.9 Å². The van der Waals surface area contributed by atoms with E-state index in [0.717, 1.165) is 53.8 Å². The summed E-state index contributed by atoms with van der Waals surface area (Å²) in [5.41, 5.74) is 2.95. The Morgan fingerprint density at radius 1 is 1.13 bits per heavy atom. The van der Waals surface area contributed by atoms with Crippen molar-refractivity contribution in [3.05, 3.63) is 60.4 Å². The van der Waals surface area contributed by atoms with Crippen molar-refractivity contribution in [3.8, 4) is 11.4 Å². The summed E-state index contributed by atoms with van der Waals surface area (Å²) in [6, 6.07) is 8.67. The number of fused-ring (bicyclic) bond motifs is 1. The maximum absolute atomic E-state index is 13.9. The topological polar surface area (TPSA) is 69.8 Å². The number of hydrogen-bond donors (Lipinski definition) is 1. The van der Waals surface area contributed by atoms with E-state index in [9.17, 15) is 4.39 Å². The lowest BCUT2D eigenvalue weighted by Crippen LogP contribution is -2.24. The molecule has 31 heavy (non-hydrogen) atoms. The number of ether oxygens (including phenoxy) is 1. The molecule has 1 fully saturated rings. The number of hydrogen-bond acceptors (Lipinski definition) is 5. The Morgan fingerprint density at radius 3 is 2.65 bits per heavy atom. The van der Waals surface area contributed by atoms with Crippen molar-refractivity contribution >= 4 is 16.7 Å². The highest BCUT2D eigenvalue weighted by molar-refractivity contribution is 5.85. The summed E-state index contributed by atoms with van der Waals surface area (Å²) >= 11 is 0. The van der Waals surface area contributed by atoms with Crippen LogP contribution < -0.4 is 10.1 Å². The molecule has 0 saturated heterocycles. The predicted octanol–water partition coefficient (Wildman–Crippen LogP) is 4.44. The molecule has 0 spiro atoms. The fourth-order valence-electron chi connectivity index (χ4n) is 4.36. The molecule has 0 aliphatic heterocycles. The molecular weight excluding hydrogens is 395 g/mol. The van der Waals surface area contributed by atoms with Gasteiger partial charge in [-0.25, -0.2) is 14.1 Å². The standard InChI is InChI=1S/C23H25FN6O/c1-25-22-11-18-20(13-26-22)30(16-12-27-29(2)14-16)28-23(18)15-7-9-17(10-8-15)31-21-6-4-3-5-19(21)24/h3-6,11-15,17H,7-10H2,1-2H3,(H,25,26). The van der Waals surface area contributed by atoms with Crippen molar-refractivity contribution in [1.82, 2.24) is 24.5 Å². The number of rotatable bonds is 5. The van der Waals surface area contributed by atoms with Gasteiger partial charge in [-0.15, -0.1) is 0 Å². The summed E-state index contributed by atoms with van der Waals surface area (Å²) in [5, 5.41) is 13.5. The molecule has 0 bridgehead atoms. The number of aromatic nitrogens is 5. The molecule has 1 N–H and O–H groups in total. The SMILES string of the molecule is CNc1cc2c(C3CCC(Oc4ccccc4F)CC3)nn(-c3cnn(C)c3)c2cn1. The molecule has 7 nitrogen and oxygen atoms in total. The van der Waals surface area contributed by atoms with E-state index in [-0.39, 0.29) is 11.9 Å². The Hall–Kier alpha value is -3.42. The van der Waals surface area contributed by atoms with Crippen LogP contribution in [0.1, 0.15) is 37.3 Å². The van der Waals surface area contributed by atoms with Gasteiger partial charge in [-0.1, -0.05) is 12.1 Å². The number of nitrogens with one attached hydrogen (secondary N) is 1. The molecule has 1 saturated carbocycles. The molecule has 160 valence electrons. The quantitative estimate of drug-likeness (QED) is 0.517. The van der Waals surface area contributed by atoms with Crippen molar-refractivity contribution in [2.75, 3.05) is 12.4 Å². The Kier molecular flexibility index (Phi) is 5.05. The van der Waals surface area contributed by atoms with Crippen LogP contribution in [0.3, 0.4) is 0 Å². The highest BCUT2D eigenvalue weighted by Gasteiger charge is 2.28.